The van der Waals surface area contributed by atoms with Gasteiger partial charge in [0.15, 0.2) is 5.15 Å². The Morgan fingerprint density at radius 3 is 2.76 bits per heavy atom. The zero-order chi connectivity index (χ0) is 26.1. The fourth-order valence-corrected chi connectivity index (χ4v) is 5.99. The SMILES string of the molecule is CC(C)C(Oc1ccc2c(c1)CCC(C(C)N1CCCC(C(=O)O)CC1)=C2)c1ccc2[nH]nc(Cl)c2c1. The molecule has 6 nitrogen and oxygen atoms in total. The summed E-state index contributed by atoms with van der Waals surface area (Å²) in [7, 11) is 0. The summed E-state index contributed by atoms with van der Waals surface area (Å²) >= 11 is 6.26. The Morgan fingerprint density at radius 2 is 1.97 bits per heavy atom. The van der Waals surface area contributed by atoms with E-state index >= 15 is 0 Å². The van der Waals surface area contributed by atoms with Gasteiger partial charge in [0.05, 0.1) is 11.4 Å². The van der Waals surface area contributed by atoms with Crippen LogP contribution in [0.15, 0.2) is 42.0 Å². The number of carbonyl (C=O) groups is 1. The van der Waals surface area contributed by atoms with Gasteiger partial charge in [-0.05, 0) is 99.0 Å². The third kappa shape index (κ3) is 5.55. The number of nitrogens with one attached hydrogen (secondary N) is 1. The van der Waals surface area contributed by atoms with Crippen molar-refractivity contribution < 1.29 is 14.6 Å². The highest BCUT2D eigenvalue weighted by Crippen LogP contribution is 2.35. The molecule has 0 radical (unpaired) electrons. The van der Waals surface area contributed by atoms with E-state index in [2.05, 4.69) is 72.3 Å². The molecule has 1 aliphatic heterocycles. The summed E-state index contributed by atoms with van der Waals surface area (Å²) in [5.74, 6) is 0.308. The number of benzene rings is 2. The van der Waals surface area contributed by atoms with Gasteiger partial charge in [0, 0.05) is 11.4 Å². The molecule has 3 aromatic rings. The van der Waals surface area contributed by atoms with Crippen molar-refractivity contribution in [2.45, 2.75) is 65.0 Å². The first kappa shape index (κ1) is 25.8. The molecule has 1 aliphatic carbocycles. The summed E-state index contributed by atoms with van der Waals surface area (Å²) in [6, 6.07) is 12.9. The van der Waals surface area contributed by atoms with Crippen LogP contribution in [0.3, 0.4) is 0 Å². The zero-order valence-corrected chi connectivity index (χ0v) is 22.6. The third-order valence-electron chi connectivity index (χ3n) is 8.07. The van der Waals surface area contributed by atoms with Crippen molar-refractivity contribution in [1.29, 1.82) is 0 Å². The van der Waals surface area contributed by atoms with E-state index in [1.54, 1.807) is 0 Å². The first-order valence-corrected chi connectivity index (χ1v) is 13.8. The van der Waals surface area contributed by atoms with Crippen molar-refractivity contribution >= 4 is 34.5 Å². The van der Waals surface area contributed by atoms with Crippen LogP contribution >= 0.6 is 11.6 Å². The monoisotopic (exact) mass is 521 g/mol. The fraction of sp³-hybridized carbons (Fsp3) is 0.467. The van der Waals surface area contributed by atoms with Crippen LogP contribution in [0.4, 0.5) is 0 Å². The van der Waals surface area contributed by atoms with Gasteiger partial charge >= 0.3 is 5.97 Å². The van der Waals surface area contributed by atoms with E-state index in [1.165, 1.54) is 16.7 Å². The Kier molecular flexibility index (Phi) is 7.59. The summed E-state index contributed by atoms with van der Waals surface area (Å²) in [6.45, 7) is 8.42. The molecule has 0 amide bonds. The molecule has 3 atom stereocenters. The average molecular weight is 522 g/mol. The lowest BCUT2D eigenvalue weighted by atomic mass is 9.88. The standard InChI is InChI=1S/C30H36ClN3O3/c1-18(2)28(24-9-11-27-26(17-24)29(31)33-32-27)37-25-10-8-22-15-21(6-7-23(22)16-25)19(3)34-13-4-5-20(12-14-34)30(35)36/h8-11,15-20,28H,4-7,12-14H2,1-3H3,(H,32,33)(H,35,36). The van der Waals surface area contributed by atoms with E-state index in [0.717, 1.165) is 67.4 Å². The molecule has 0 bridgehead atoms. The summed E-state index contributed by atoms with van der Waals surface area (Å²) in [6.07, 6.45) is 6.70. The Labute approximate surface area is 223 Å². The Bertz CT molecular complexity index is 1310. The minimum absolute atomic E-state index is 0.0965. The number of aliphatic carboxylic acids is 1. The lowest BCUT2D eigenvalue weighted by Crippen LogP contribution is -2.36. The second-order valence-electron chi connectivity index (χ2n) is 10.9. The molecule has 0 spiro atoms. The van der Waals surface area contributed by atoms with E-state index in [0.29, 0.717) is 11.2 Å². The zero-order valence-electron chi connectivity index (χ0n) is 21.8. The number of hydrogen-bond acceptors (Lipinski definition) is 4. The quantitative estimate of drug-likeness (QED) is 0.353. The molecule has 37 heavy (non-hydrogen) atoms. The van der Waals surface area contributed by atoms with Crippen LogP contribution in [0.2, 0.25) is 5.15 Å². The summed E-state index contributed by atoms with van der Waals surface area (Å²) in [4.78, 5) is 13.9. The molecule has 2 aliphatic rings. The van der Waals surface area contributed by atoms with Gasteiger partial charge in [0.1, 0.15) is 11.9 Å². The number of aromatic nitrogens is 2. The van der Waals surface area contributed by atoms with E-state index in [-0.39, 0.29) is 17.9 Å². The second-order valence-corrected chi connectivity index (χ2v) is 11.2. The maximum atomic E-state index is 11.4. The smallest absolute Gasteiger partial charge is 0.306 e. The van der Waals surface area contributed by atoms with Crippen LogP contribution in [-0.2, 0) is 11.2 Å². The van der Waals surface area contributed by atoms with Gasteiger partial charge < -0.3 is 9.84 Å². The maximum Gasteiger partial charge on any atom is 0.306 e. The van der Waals surface area contributed by atoms with Crippen LogP contribution < -0.4 is 4.74 Å². The van der Waals surface area contributed by atoms with Crippen LogP contribution in [0, 0.1) is 11.8 Å². The second kappa shape index (κ2) is 10.9. The highest BCUT2D eigenvalue weighted by molar-refractivity contribution is 6.34. The Balaban J connectivity index is 1.31. The van der Waals surface area contributed by atoms with Gasteiger partial charge in [-0.3, -0.25) is 14.8 Å². The minimum atomic E-state index is -0.649. The normalized spacial score (nSPS) is 20.2. The van der Waals surface area contributed by atoms with Crippen LogP contribution in [0.25, 0.3) is 17.0 Å². The molecular weight excluding hydrogens is 486 g/mol. The highest BCUT2D eigenvalue weighted by atomic mass is 35.5. The summed E-state index contributed by atoms with van der Waals surface area (Å²) in [5.41, 5.74) is 6.00. The van der Waals surface area contributed by atoms with Gasteiger partial charge in [0.25, 0.3) is 0 Å². The molecule has 0 saturated carbocycles. The number of carboxylic acids is 1. The molecule has 2 N–H and O–H groups in total. The van der Waals surface area contributed by atoms with Crippen LogP contribution in [0.1, 0.15) is 69.2 Å². The summed E-state index contributed by atoms with van der Waals surface area (Å²) in [5, 5.41) is 17.9. The predicted octanol–water partition coefficient (Wildman–Crippen LogP) is 6.90. The van der Waals surface area contributed by atoms with E-state index < -0.39 is 5.97 Å². The van der Waals surface area contributed by atoms with Crippen molar-refractivity contribution in [3.8, 4) is 5.75 Å². The Hall–Kier alpha value is -2.83. The molecule has 1 fully saturated rings. The van der Waals surface area contributed by atoms with Crippen molar-refractivity contribution in [3.05, 3.63) is 63.8 Å². The van der Waals surface area contributed by atoms with Crippen molar-refractivity contribution in [2.24, 2.45) is 11.8 Å². The molecule has 1 aromatic heterocycles. The molecular formula is C30H36ClN3O3. The van der Waals surface area contributed by atoms with Gasteiger partial charge in [-0.1, -0.05) is 49.2 Å². The number of hydrogen-bond donors (Lipinski definition) is 2. The lowest BCUT2D eigenvalue weighted by molar-refractivity contribution is -0.142. The number of nitrogens with zero attached hydrogens (tertiary/aromatic N) is 2. The van der Waals surface area contributed by atoms with Gasteiger partial charge in [-0.2, -0.15) is 5.10 Å². The number of rotatable bonds is 7. The molecule has 7 heteroatoms. The van der Waals surface area contributed by atoms with E-state index in [9.17, 15) is 9.90 Å². The van der Waals surface area contributed by atoms with Crippen LogP contribution in [0.5, 0.6) is 5.75 Å². The number of aryl methyl sites for hydroxylation is 1. The van der Waals surface area contributed by atoms with Gasteiger partial charge in [-0.15, -0.1) is 0 Å². The first-order chi connectivity index (χ1) is 17.8. The van der Waals surface area contributed by atoms with Gasteiger partial charge in [0.2, 0.25) is 0 Å². The number of likely N-dealkylation sites (tertiary alicyclic amines) is 1. The van der Waals surface area contributed by atoms with E-state index in [1.807, 2.05) is 6.07 Å². The van der Waals surface area contributed by atoms with E-state index in [4.69, 9.17) is 16.3 Å². The maximum absolute atomic E-state index is 11.4. The number of carboxylic acid groups (broad SMARTS) is 1. The molecule has 5 rings (SSSR count). The number of halogens is 1. The average Bonchev–Trinajstić information content (AvgIpc) is 3.09. The number of ether oxygens (including phenoxy) is 1. The number of fused-ring (bicyclic) bond motifs is 2. The summed E-state index contributed by atoms with van der Waals surface area (Å²) < 4.78 is 6.56. The van der Waals surface area contributed by atoms with Crippen LogP contribution in [-0.4, -0.2) is 45.3 Å². The van der Waals surface area contributed by atoms with Gasteiger partial charge in [-0.25, -0.2) is 0 Å². The first-order valence-electron chi connectivity index (χ1n) is 13.4. The lowest BCUT2D eigenvalue weighted by Gasteiger charge is -2.32. The number of aromatic amines is 1. The molecule has 196 valence electrons. The molecule has 3 unspecified atom stereocenters. The predicted molar refractivity (Wildman–Crippen MR) is 148 cm³/mol. The highest BCUT2D eigenvalue weighted by Gasteiger charge is 2.27. The molecule has 2 aromatic carbocycles. The largest absolute Gasteiger partial charge is 0.485 e. The number of H-pyrrole nitrogens is 1. The third-order valence-corrected chi connectivity index (χ3v) is 8.36. The Morgan fingerprint density at radius 1 is 1.14 bits per heavy atom. The van der Waals surface area contributed by atoms with Crippen molar-refractivity contribution in [2.75, 3.05) is 13.1 Å². The molecule has 2 heterocycles. The topological polar surface area (TPSA) is 78.5 Å². The minimum Gasteiger partial charge on any atom is -0.485 e. The molecule has 1 saturated heterocycles. The van der Waals surface area contributed by atoms with Crippen molar-refractivity contribution in [3.63, 3.8) is 0 Å². The van der Waals surface area contributed by atoms with Crippen molar-refractivity contribution in [1.82, 2.24) is 15.1 Å². The fourth-order valence-electron chi connectivity index (χ4n) is 5.79.